The van der Waals surface area contributed by atoms with Crippen LogP contribution in [0.15, 0.2) is 64.2 Å². The number of rotatable bonds is 3. The number of aryl methyl sites for hydroxylation is 1. The molecule has 3 heterocycles. The number of thioether (sulfide) groups is 1. The summed E-state index contributed by atoms with van der Waals surface area (Å²) in [5, 5.41) is 15.5. The summed E-state index contributed by atoms with van der Waals surface area (Å²) in [7, 11) is 0. The van der Waals surface area contributed by atoms with Gasteiger partial charge in [0.05, 0.1) is 5.57 Å². The van der Waals surface area contributed by atoms with E-state index in [4.69, 9.17) is 17.0 Å². The predicted molar refractivity (Wildman–Crippen MR) is 136 cm³/mol. The zero-order valence-electron chi connectivity index (χ0n) is 18.6. The summed E-state index contributed by atoms with van der Waals surface area (Å²) in [5.41, 5.74) is 4.97. The van der Waals surface area contributed by atoms with E-state index in [1.54, 1.807) is 24.3 Å². The van der Waals surface area contributed by atoms with E-state index < -0.39 is 11.7 Å². The molecule has 0 saturated heterocycles. The molecule has 0 fully saturated rings. The summed E-state index contributed by atoms with van der Waals surface area (Å²) in [6.07, 6.45) is 1.66. The van der Waals surface area contributed by atoms with Crippen LogP contribution in [-0.2, 0) is 4.79 Å². The van der Waals surface area contributed by atoms with Crippen molar-refractivity contribution in [2.24, 2.45) is 10.1 Å². The third kappa shape index (κ3) is 3.59. The third-order valence-corrected chi connectivity index (χ3v) is 7.16. The van der Waals surface area contributed by atoms with Crippen LogP contribution in [0.1, 0.15) is 28.1 Å². The molecule has 2 aliphatic heterocycles. The van der Waals surface area contributed by atoms with Crippen molar-refractivity contribution in [1.29, 1.82) is 5.41 Å². The first-order chi connectivity index (χ1) is 16.3. The van der Waals surface area contributed by atoms with E-state index in [1.165, 1.54) is 11.1 Å². The fraction of sp³-hybridized carbons (Fsp3) is 0.120. The lowest BCUT2D eigenvalue weighted by molar-refractivity contribution is -0.114. The van der Waals surface area contributed by atoms with Crippen LogP contribution in [-0.4, -0.2) is 31.5 Å². The van der Waals surface area contributed by atoms with Gasteiger partial charge in [-0.1, -0.05) is 29.8 Å². The Balaban J connectivity index is 1.54. The van der Waals surface area contributed by atoms with Gasteiger partial charge in [0.25, 0.3) is 5.91 Å². The Hall–Kier alpha value is -3.49. The Bertz CT molecular complexity index is 1490. The van der Waals surface area contributed by atoms with Crippen LogP contribution in [0.3, 0.4) is 0 Å². The molecule has 0 atom stereocenters. The number of aromatic nitrogens is 1. The first kappa shape index (κ1) is 22.3. The van der Waals surface area contributed by atoms with Crippen LogP contribution in [0, 0.1) is 32.0 Å². The van der Waals surface area contributed by atoms with E-state index in [1.807, 2.05) is 45.0 Å². The second kappa shape index (κ2) is 8.38. The number of amides is 1. The average Bonchev–Trinajstić information content (AvgIpc) is 3.34. The largest absolute Gasteiger partial charge is 0.318 e. The van der Waals surface area contributed by atoms with Gasteiger partial charge in [0.15, 0.2) is 5.84 Å². The highest BCUT2D eigenvalue weighted by atomic mass is 35.5. The van der Waals surface area contributed by atoms with Crippen LogP contribution >= 0.6 is 23.4 Å². The van der Waals surface area contributed by atoms with Gasteiger partial charge in [-0.3, -0.25) is 10.2 Å². The summed E-state index contributed by atoms with van der Waals surface area (Å²) in [5.74, 6) is -1.05. The summed E-state index contributed by atoms with van der Waals surface area (Å²) >= 11 is 7.40. The molecular weight excluding hydrogens is 473 g/mol. The number of carbonyl (C=O) groups is 1. The maximum absolute atomic E-state index is 14.2. The van der Waals surface area contributed by atoms with Crippen LogP contribution < -0.4 is 0 Å². The van der Waals surface area contributed by atoms with Crippen LogP contribution in [0.2, 0.25) is 5.02 Å². The van der Waals surface area contributed by atoms with E-state index in [2.05, 4.69) is 14.7 Å². The molecule has 6 nitrogen and oxygen atoms in total. The normalized spacial score (nSPS) is 16.7. The maximum Gasteiger partial charge on any atom is 0.283 e. The van der Waals surface area contributed by atoms with Crippen LogP contribution in [0.4, 0.5) is 4.39 Å². The number of aliphatic imine (C=N–C) groups is 1. The highest BCUT2D eigenvalue weighted by Gasteiger charge is 2.36. The Labute approximate surface area is 205 Å². The number of halogens is 2. The minimum Gasteiger partial charge on any atom is -0.318 e. The molecule has 0 spiro atoms. The smallest absolute Gasteiger partial charge is 0.283 e. The number of amidine groups is 2. The summed E-state index contributed by atoms with van der Waals surface area (Å²) in [6.45, 7) is 5.88. The Morgan fingerprint density at radius 2 is 1.88 bits per heavy atom. The van der Waals surface area contributed by atoms with Crippen molar-refractivity contribution in [2.75, 3.05) is 0 Å². The average molecular weight is 492 g/mol. The first-order valence-corrected chi connectivity index (χ1v) is 11.6. The zero-order valence-corrected chi connectivity index (χ0v) is 20.1. The molecule has 0 unspecified atom stereocenters. The van der Waals surface area contributed by atoms with E-state index in [0.29, 0.717) is 15.6 Å². The fourth-order valence-electron chi connectivity index (χ4n) is 4.03. The molecule has 2 aromatic carbocycles. The quantitative estimate of drug-likeness (QED) is 0.466. The van der Waals surface area contributed by atoms with E-state index in [-0.39, 0.29) is 16.6 Å². The molecule has 2 aliphatic rings. The Kier molecular flexibility index (Phi) is 5.50. The predicted octanol–water partition coefficient (Wildman–Crippen LogP) is 5.86. The highest BCUT2D eigenvalue weighted by molar-refractivity contribution is 8.27. The molecule has 5 rings (SSSR count). The van der Waals surface area contributed by atoms with E-state index >= 15 is 0 Å². The summed E-state index contributed by atoms with van der Waals surface area (Å²) in [4.78, 5) is 17.0. The second-order valence-electron chi connectivity index (χ2n) is 7.95. The lowest BCUT2D eigenvalue weighted by Gasteiger charge is -2.20. The minimum absolute atomic E-state index is 0.0995. The van der Waals surface area contributed by atoms with Gasteiger partial charge in [-0.15, -0.1) is 0 Å². The van der Waals surface area contributed by atoms with Crippen molar-refractivity contribution in [2.45, 2.75) is 20.8 Å². The fourth-order valence-corrected chi connectivity index (χ4v) is 5.12. The van der Waals surface area contributed by atoms with Crippen molar-refractivity contribution in [3.8, 4) is 5.69 Å². The number of benzene rings is 2. The van der Waals surface area contributed by atoms with Crippen molar-refractivity contribution >= 4 is 51.4 Å². The molecule has 34 heavy (non-hydrogen) atoms. The molecule has 9 heteroatoms. The SMILES string of the molecule is Cc1c(Cl)cccc1-n1c(C)cc(/C=C2\C(=N)N3N=C(c4ccccc4F)SC3=NC2=O)c1C. The molecule has 0 radical (unpaired) electrons. The maximum atomic E-state index is 14.2. The van der Waals surface area contributed by atoms with Crippen molar-refractivity contribution < 1.29 is 9.18 Å². The number of carbonyl (C=O) groups excluding carboxylic acids is 1. The number of hydrogen-bond acceptors (Lipinski definition) is 4. The van der Waals surface area contributed by atoms with Crippen LogP contribution in [0.5, 0.6) is 0 Å². The Morgan fingerprint density at radius 1 is 1.12 bits per heavy atom. The van der Waals surface area contributed by atoms with E-state index in [9.17, 15) is 9.18 Å². The van der Waals surface area contributed by atoms with E-state index in [0.717, 1.165) is 40.0 Å². The van der Waals surface area contributed by atoms with Gasteiger partial charge in [0.1, 0.15) is 10.9 Å². The topological polar surface area (TPSA) is 73.8 Å². The number of nitrogens with one attached hydrogen (secondary N) is 1. The van der Waals surface area contributed by atoms with Crippen molar-refractivity contribution in [3.63, 3.8) is 0 Å². The van der Waals surface area contributed by atoms with Crippen molar-refractivity contribution in [3.05, 3.63) is 93.0 Å². The summed E-state index contributed by atoms with van der Waals surface area (Å²) < 4.78 is 16.3. The van der Waals surface area contributed by atoms with Gasteiger partial charge in [-0.05, 0) is 80.1 Å². The summed E-state index contributed by atoms with van der Waals surface area (Å²) in [6, 6.07) is 13.9. The van der Waals surface area contributed by atoms with Gasteiger partial charge in [-0.2, -0.15) is 15.1 Å². The molecule has 170 valence electrons. The molecule has 0 aliphatic carbocycles. The van der Waals surface area contributed by atoms with Gasteiger partial charge >= 0.3 is 0 Å². The minimum atomic E-state index is -0.530. The molecule has 0 bridgehead atoms. The number of hydrazone groups is 1. The molecule has 3 aromatic rings. The van der Waals surface area contributed by atoms with Crippen molar-refractivity contribution in [1.82, 2.24) is 9.58 Å². The number of fused-ring (bicyclic) bond motifs is 1. The van der Waals surface area contributed by atoms with Crippen LogP contribution in [0.25, 0.3) is 11.8 Å². The lowest BCUT2D eigenvalue weighted by atomic mass is 10.1. The second-order valence-corrected chi connectivity index (χ2v) is 9.31. The lowest BCUT2D eigenvalue weighted by Crippen LogP contribution is -2.35. The first-order valence-electron chi connectivity index (χ1n) is 10.5. The Morgan fingerprint density at radius 3 is 2.65 bits per heavy atom. The third-order valence-electron chi connectivity index (χ3n) is 5.81. The molecule has 1 amide bonds. The standard InChI is InChI=1S/C25H19ClFN5OS/c1-13-11-16(15(3)31(13)21-10-6-8-19(26)14(21)2)12-18-22(28)32-25(29-23(18)33)34-24(30-32)17-7-4-5-9-20(17)27/h4-12,28H,1-3H3/b18-12+,28-22?. The highest BCUT2D eigenvalue weighted by Crippen LogP contribution is 2.33. The van der Waals surface area contributed by atoms with Gasteiger partial charge in [0.2, 0.25) is 5.17 Å². The molecular formula is C25H19ClFN5OS. The molecule has 1 aromatic heterocycles. The van der Waals surface area contributed by atoms with Gasteiger partial charge in [-0.25, -0.2) is 4.39 Å². The van der Waals surface area contributed by atoms with Gasteiger partial charge < -0.3 is 4.57 Å². The van der Waals surface area contributed by atoms with Gasteiger partial charge in [0, 0.05) is 27.7 Å². The number of hydrogen-bond donors (Lipinski definition) is 1. The monoisotopic (exact) mass is 491 g/mol. The number of nitrogens with zero attached hydrogens (tertiary/aromatic N) is 4. The molecule has 0 saturated carbocycles. The molecule has 1 N–H and O–H groups in total. The zero-order chi connectivity index (χ0) is 24.1.